The maximum Gasteiger partial charge on any atom is 0.271 e. The first-order valence-corrected chi connectivity index (χ1v) is 7.88. The van der Waals surface area contributed by atoms with Crippen molar-refractivity contribution in [3.05, 3.63) is 38.9 Å². The van der Waals surface area contributed by atoms with Crippen molar-refractivity contribution in [2.45, 2.75) is 13.3 Å². The Morgan fingerprint density at radius 1 is 1.35 bits per heavy atom. The Kier molecular flexibility index (Phi) is 5.49. The van der Waals surface area contributed by atoms with E-state index in [4.69, 9.17) is 0 Å². The van der Waals surface area contributed by atoms with E-state index in [-0.39, 0.29) is 5.91 Å². The van der Waals surface area contributed by atoms with Gasteiger partial charge in [0.05, 0.1) is 16.2 Å². The number of nitrogens with one attached hydrogen (secondary N) is 2. The largest absolute Gasteiger partial charge is 0.369 e. The van der Waals surface area contributed by atoms with Crippen LogP contribution in [0.1, 0.15) is 22.3 Å². The van der Waals surface area contributed by atoms with Crippen LogP contribution in [0.5, 0.6) is 0 Å². The molecule has 0 aromatic carbocycles. The summed E-state index contributed by atoms with van der Waals surface area (Å²) in [7, 11) is 0. The lowest BCUT2D eigenvalue weighted by Crippen LogP contribution is -2.26. The third kappa shape index (κ3) is 4.28. The maximum atomic E-state index is 11.9. The molecule has 0 aliphatic rings. The number of carbonyl (C=O) groups excluding carboxylic acids is 1. The van der Waals surface area contributed by atoms with E-state index in [1.165, 1.54) is 11.1 Å². The molecule has 0 saturated carbocycles. The van der Waals surface area contributed by atoms with Gasteiger partial charge in [0, 0.05) is 18.0 Å². The Bertz CT molecular complexity index is 570. The summed E-state index contributed by atoms with van der Waals surface area (Å²) in [5, 5.41) is 5.87. The van der Waals surface area contributed by atoms with E-state index >= 15 is 0 Å². The Labute approximate surface area is 130 Å². The highest BCUT2D eigenvalue weighted by molar-refractivity contribution is 9.11. The number of hydrogen-bond acceptors (Lipinski definition) is 5. The van der Waals surface area contributed by atoms with Crippen LogP contribution in [0.3, 0.4) is 0 Å². The minimum Gasteiger partial charge on any atom is -0.369 e. The number of nitrogens with zero attached hydrogens (tertiary/aromatic N) is 2. The van der Waals surface area contributed by atoms with Crippen LogP contribution in [0.15, 0.2) is 28.3 Å². The molecule has 2 rings (SSSR count). The molecule has 1 amide bonds. The molecule has 0 aliphatic carbocycles. The van der Waals surface area contributed by atoms with Gasteiger partial charge in [0.25, 0.3) is 5.91 Å². The van der Waals surface area contributed by atoms with Crippen LogP contribution in [0.25, 0.3) is 0 Å². The van der Waals surface area contributed by atoms with Crippen molar-refractivity contribution < 1.29 is 4.79 Å². The van der Waals surface area contributed by atoms with E-state index < -0.39 is 0 Å². The third-order valence-corrected chi connectivity index (χ3v) is 4.21. The highest BCUT2D eigenvalue weighted by Crippen LogP contribution is 2.22. The smallest absolute Gasteiger partial charge is 0.271 e. The van der Waals surface area contributed by atoms with Crippen LogP contribution in [-0.4, -0.2) is 29.0 Å². The molecule has 0 fully saturated rings. The summed E-state index contributed by atoms with van der Waals surface area (Å²) in [6.45, 7) is 3.34. The first kappa shape index (κ1) is 14.9. The molecule has 20 heavy (non-hydrogen) atoms. The number of carbonyl (C=O) groups is 1. The Hall–Kier alpha value is -1.47. The lowest BCUT2D eigenvalue weighted by atomic mass is 10.3. The molecule has 2 aromatic heterocycles. The van der Waals surface area contributed by atoms with Gasteiger partial charge >= 0.3 is 0 Å². The van der Waals surface area contributed by atoms with Crippen molar-refractivity contribution in [1.29, 1.82) is 0 Å². The number of hydrogen-bond donors (Lipinski definition) is 2. The zero-order chi connectivity index (χ0) is 14.4. The zero-order valence-electron chi connectivity index (χ0n) is 11.0. The van der Waals surface area contributed by atoms with Crippen LogP contribution in [0.2, 0.25) is 0 Å². The number of aromatic nitrogens is 2. The Morgan fingerprint density at radius 3 is 2.80 bits per heavy atom. The first-order valence-electron chi connectivity index (χ1n) is 6.27. The second-order valence-electron chi connectivity index (χ2n) is 4.03. The monoisotopic (exact) mass is 354 g/mol. The van der Waals surface area contributed by atoms with Crippen molar-refractivity contribution >= 4 is 39.0 Å². The molecule has 0 bridgehead atoms. The fraction of sp³-hybridized carbons (Fsp3) is 0.308. The summed E-state index contributed by atoms with van der Waals surface area (Å²) in [4.78, 5) is 21.3. The summed E-state index contributed by atoms with van der Waals surface area (Å²) < 4.78 is 1.10. The Morgan fingerprint density at radius 2 is 2.20 bits per heavy atom. The second kappa shape index (κ2) is 7.35. The van der Waals surface area contributed by atoms with Crippen LogP contribution in [0.4, 0.5) is 5.82 Å². The normalized spacial score (nSPS) is 10.3. The summed E-state index contributed by atoms with van der Waals surface area (Å²) in [5.74, 6) is 0.476. The summed E-state index contributed by atoms with van der Waals surface area (Å²) in [6, 6.07) is 4.05. The van der Waals surface area contributed by atoms with E-state index in [1.807, 2.05) is 19.1 Å². The van der Waals surface area contributed by atoms with Gasteiger partial charge in [0.1, 0.15) is 11.5 Å². The van der Waals surface area contributed by atoms with Gasteiger partial charge in [-0.15, -0.1) is 11.3 Å². The molecule has 0 aliphatic heterocycles. The fourth-order valence-electron chi connectivity index (χ4n) is 1.59. The number of amides is 1. The zero-order valence-corrected chi connectivity index (χ0v) is 13.4. The van der Waals surface area contributed by atoms with Gasteiger partial charge in [0.2, 0.25) is 0 Å². The molecule has 106 valence electrons. The van der Waals surface area contributed by atoms with Gasteiger partial charge in [-0.25, -0.2) is 9.97 Å². The van der Waals surface area contributed by atoms with E-state index in [0.717, 1.165) is 16.8 Å². The van der Waals surface area contributed by atoms with Gasteiger partial charge < -0.3 is 10.6 Å². The van der Waals surface area contributed by atoms with Gasteiger partial charge in [-0.05, 0) is 41.4 Å². The second-order valence-corrected chi connectivity index (χ2v) is 6.58. The molecule has 0 saturated heterocycles. The van der Waals surface area contributed by atoms with Crippen molar-refractivity contribution in [3.8, 4) is 0 Å². The molecule has 0 radical (unpaired) electrons. The van der Waals surface area contributed by atoms with E-state index in [1.54, 1.807) is 17.5 Å². The molecule has 2 heterocycles. The number of thiophene rings is 1. The van der Waals surface area contributed by atoms with Crippen molar-refractivity contribution in [1.82, 2.24) is 15.3 Å². The lowest BCUT2D eigenvalue weighted by molar-refractivity contribution is 0.0949. The Balaban J connectivity index is 1.82. The molecule has 2 N–H and O–H groups in total. The predicted octanol–water partition coefficient (Wildman–Crippen LogP) is 2.70. The quantitative estimate of drug-likeness (QED) is 0.836. The van der Waals surface area contributed by atoms with Crippen molar-refractivity contribution in [2.24, 2.45) is 0 Å². The molecule has 0 atom stereocenters. The van der Waals surface area contributed by atoms with Gasteiger partial charge in [0.15, 0.2) is 0 Å². The van der Waals surface area contributed by atoms with E-state index in [9.17, 15) is 4.79 Å². The SMILES string of the molecule is CCNc1cnc(C(=O)NCCc2ccc(Br)s2)cn1. The minimum absolute atomic E-state index is 0.198. The highest BCUT2D eigenvalue weighted by atomic mass is 79.9. The average Bonchev–Trinajstić information content (AvgIpc) is 2.85. The molecule has 0 spiro atoms. The molecular formula is C13H15BrN4OS. The van der Waals surface area contributed by atoms with Crippen molar-refractivity contribution in [3.63, 3.8) is 0 Å². The van der Waals surface area contributed by atoms with E-state index in [2.05, 4.69) is 36.5 Å². The van der Waals surface area contributed by atoms with Crippen molar-refractivity contribution in [2.75, 3.05) is 18.4 Å². The first-order chi connectivity index (χ1) is 9.69. The topological polar surface area (TPSA) is 66.9 Å². The summed E-state index contributed by atoms with van der Waals surface area (Å²) >= 11 is 5.09. The molecule has 5 nitrogen and oxygen atoms in total. The fourth-order valence-corrected chi connectivity index (χ4v) is 3.08. The predicted molar refractivity (Wildman–Crippen MR) is 84.3 cm³/mol. The highest BCUT2D eigenvalue weighted by Gasteiger charge is 2.07. The average molecular weight is 355 g/mol. The molecule has 0 unspecified atom stereocenters. The number of anilines is 1. The van der Waals surface area contributed by atoms with Gasteiger partial charge in [-0.3, -0.25) is 4.79 Å². The standard InChI is InChI=1S/C13H15BrN4OS/c1-2-15-12-8-17-10(7-18-12)13(19)16-6-5-9-3-4-11(14)20-9/h3-4,7-8H,2,5-6H2,1H3,(H,15,18)(H,16,19). The third-order valence-electron chi connectivity index (χ3n) is 2.53. The molecular weight excluding hydrogens is 340 g/mol. The summed E-state index contributed by atoms with van der Waals surface area (Å²) in [6.07, 6.45) is 3.86. The van der Waals surface area contributed by atoms with Crippen LogP contribution in [0, 0.1) is 0 Å². The van der Waals surface area contributed by atoms with E-state index in [0.29, 0.717) is 18.1 Å². The molecule has 7 heteroatoms. The summed E-state index contributed by atoms with van der Waals surface area (Å²) in [5.41, 5.74) is 0.332. The van der Waals surface area contributed by atoms with Gasteiger partial charge in [-0.1, -0.05) is 0 Å². The lowest BCUT2D eigenvalue weighted by Gasteiger charge is -2.05. The molecule has 2 aromatic rings. The maximum absolute atomic E-state index is 11.9. The van der Waals surface area contributed by atoms with Crippen LogP contribution >= 0.6 is 27.3 Å². The van der Waals surface area contributed by atoms with Crippen LogP contribution < -0.4 is 10.6 Å². The minimum atomic E-state index is -0.198. The number of rotatable bonds is 6. The number of halogens is 1. The van der Waals surface area contributed by atoms with Crippen LogP contribution in [-0.2, 0) is 6.42 Å². The van der Waals surface area contributed by atoms with Gasteiger partial charge in [-0.2, -0.15) is 0 Å².